The van der Waals surface area contributed by atoms with Crippen LogP contribution in [0.4, 0.5) is 16.2 Å². The standard InChI is InChI=1S/C16H16BrN3O4/c1-24-16(23)19-13-4-2-3-12(9-13)18-14(21)7-8-20-10-11(17)5-6-15(20)22/h2-6,9-10H,7-8H2,1H3,(H,18,21)(H,19,23). The molecule has 0 radical (unpaired) electrons. The van der Waals surface area contributed by atoms with Crippen LogP contribution >= 0.6 is 15.9 Å². The van der Waals surface area contributed by atoms with Crippen molar-refractivity contribution in [2.45, 2.75) is 13.0 Å². The number of hydrogen-bond donors (Lipinski definition) is 2. The zero-order chi connectivity index (χ0) is 17.5. The summed E-state index contributed by atoms with van der Waals surface area (Å²) in [6.07, 6.45) is 1.19. The van der Waals surface area contributed by atoms with E-state index in [1.54, 1.807) is 36.5 Å². The molecule has 0 bridgehead atoms. The van der Waals surface area contributed by atoms with E-state index in [0.29, 0.717) is 11.4 Å². The molecule has 0 unspecified atom stereocenters. The summed E-state index contributed by atoms with van der Waals surface area (Å²) in [5.74, 6) is -0.239. The minimum atomic E-state index is -0.590. The molecule has 24 heavy (non-hydrogen) atoms. The molecule has 0 spiro atoms. The van der Waals surface area contributed by atoms with Gasteiger partial charge in [0.1, 0.15) is 0 Å². The number of anilines is 2. The summed E-state index contributed by atoms with van der Waals surface area (Å²) in [5.41, 5.74) is 0.869. The summed E-state index contributed by atoms with van der Waals surface area (Å²) in [7, 11) is 1.27. The van der Waals surface area contributed by atoms with Gasteiger partial charge in [-0.2, -0.15) is 0 Å². The predicted molar refractivity (Wildman–Crippen MR) is 94.1 cm³/mol. The topological polar surface area (TPSA) is 89.4 Å². The largest absolute Gasteiger partial charge is 0.453 e. The van der Waals surface area contributed by atoms with Crippen molar-refractivity contribution < 1.29 is 14.3 Å². The maximum atomic E-state index is 12.0. The van der Waals surface area contributed by atoms with Crippen molar-refractivity contribution in [3.63, 3.8) is 0 Å². The molecule has 0 atom stereocenters. The Hall–Kier alpha value is -2.61. The lowest BCUT2D eigenvalue weighted by molar-refractivity contribution is -0.116. The molecule has 2 amide bonds. The number of amides is 2. The van der Waals surface area contributed by atoms with Crippen LogP contribution in [0, 0.1) is 0 Å². The lowest BCUT2D eigenvalue weighted by Gasteiger charge is -2.09. The van der Waals surface area contributed by atoms with Gasteiger partial charge in [-0.3, -0.25) is 14.9 Å². The van der Waals surface area contributed by atoms with Crippen LogP contribution in [0.15, 0.2) is 51.9 Å². The number of pyridine rings is 1. The highest BCUT2D eigenvalue weighted by molar-refractivity contribution is 9.10. The number of benzene rings is 1. The van der Waals surface area contributed by atoms with Crippen LogP contribution in [-0.2, 0) is 16.1 Å². The lowest BCUT2D eigenvalue weighted by atomic mass is 10.2. The SMILES string of the molecule is COC(=O)Nc1cccc(NC(=O)CCn2cc(Br)ccc2=O)c1. The average Bonchev–Trinajstić information content (AvgIpc) is 2.56. The Morgan fingerprint density at radius 1 is 1.17 bits per heavy atom. The number of rotatable bonds is 5. The molecular weight excluding hydrogens is 378 g/mol. The van der Waals surface area contributed by atoms with Gasteiger partial charge in [0.25, 0.3) is 5.56 Å². The number of nitrogens with zero attached hydrogens (tertiary/aromatic N) is 1. The third-order valence-electron chi connectivity index (χ3n) is 3.11. The van der Waals surface area contributed by atoms with Gasteiger partial charge in [0, 0.05) is 41.1 Å². The Morgan fingerprint density at radius 3 is 2.58 bits per heavy atom. The molecule has 1 aromatic heterocycles. The number of halogens is 1. The summed E-state index contributed by atoms with van der Waals surface area (Å²) in [5, 5.41) is 5.23. The van der Waals surface area contributed by atoms with E-state index in [-0.39, 0.29) is 24.4 Å². The van der Waals surface area contributed by atoms with Crippen LogP contribution in [0.5, 0.6) is 0 Å². The van der Waals surface area contributed by atoms with E-state index in [0.717, 1.165) is 4.47 Å². The van der Waals surface area contributed by atoms with Gasteiger partial charge in [-0.15, -0.1) is 0 Å². The Bertz CT molecular complexity index is 804. The minimum Gasteiger partial charge on any atom is -0.453 e. The molecule has 2 aromatic rings. The fourth-order valence-electron chi connectivity index (χ4n) is 1.97. The average molecular weight is 394 g/mol. The van der Waals surface area contributed by atoms with Gasteiger partial charge < -0.3 is 14.6 Å². The minimum absolute atomic E-state index is 0.144. The Balaban J connectivity index is 1.95. The van der Waals surface area contributed by atoms with Gasteiger partial charge in [-0.25, -0.2) is 4.79 Å². The summed E-state index contributed by atoms with van der Waals surface area (Å²) in [4.78, 5) is 34.9. The van der Waals surface area contributed by atoms with Crippen molar-refractivity contribution in [1.82, 2.24) is 4.57 Å². The molecule has 7 nitrogen and oxygen atoms in total. The molecule has 0 aliphatic rings. The Morgan fingerprint density at radius 2 is 1.88 bits per heavy atom. The summed E-state index contributed by atoms with van der Waals surface area (Å²) >= 11 is 3.29. The molecule has 0 aliphatic carbocycles. The number of aromatic nitrogens is 1. The first-order valence-electron chi connectivity index (χ1n) is 7.09. The van der Waals surface area contributed by atoms with E-state index in [4.69, 9.17) is 0 Å². The van der Waals surface area contributed by atoms with E-state index in [1.807, 2.05) is 0 Å². The van der Waals surface area contributed by atoms with Crippen LogP contribution in [0.3, 0.4) is 0 Å². The zero-order valence-electron chi connectivity index (χ0n) is 12.9. The van der Waals surface area contributed by atoms with Gasteiger partial charge in [0.2, 0.25) is 5.91 Å². The highest BCUT2D eigenvalue weighted by atomic mass is 79.9. The quantitative estimate of drug-likeness (QED) is 0.816. The van der Waals surface area contributed by atoms with E-state index < -0.39 is 6.09 Å². The molecule has 8 heteroatoms. The second-order valence-corrected chi connectivity index (χ2v) is 5.79. The van der Waals surface area contributed by atoms with Crippen LogP contribution < -0.4 is 16.2 Å². The maximum absolute atomic E-state index is 12.0. The van der Waals surface area contributed by atoms with Crippen molar-refractivity contribution in [3.8, 4) is 0 Å². The summed E-state index contributed by atoms with van der Waals surface area (Å²) < 4.78 is 6.73. The van der Waals surface area contributed by atoms with E-state index in [9.17, 15) is 14.4 Å². The lowest BCUT2D eigenvalue weighted by Crippen LogP contribution is -2.22. The number of ether oxygens (including phenoxy) is 1. The van der Waals surface area contributed by atoms with Gasteiger partial charge in [-0.05, 0) is 40.2 Å². The van der Waals surface area contributed by atoms with Crippen molar-refractivity contribution in [3.05, 3.63) is 57.4 Å². The first-order chi connectivity index (χ1) is 11.5. The number of methoxy groups -OCH3 is 1. The first-order valence-corrected chi connectivity index (χ1v) is 7.88. The fraction of sp³-hybridized carbons (Fsp3) is 0.188. The molecule has 126 valence electrons. The molecular formula is C16H16BrN3O4. The second kappa shape index (κ2) is 8.30. The smallest absolute Gasteiger partial charge is 0.411 e. The predicted octanol–water partition coefficient (Wildman–Crippen LogP) is 2.82. The molecule has 0 aliphatic heterocycles. The van der Waals surface area contributed by atoms with Crippen molar-refractivity contribution in [2.24, 2.45) is 0 Å². The van der Waals surface area contributed by atoms with E-state index in [2.05, 4.69) is 31.3 Å². The monoisotopic (exact) mass is 393 g/mol. The molecule has 2 N–H and O–H groups in total. The van der Waals surface area contributed by atoms with Crippen molar-refractivity contribution in [2.75, 3.05) is 17.7 Å². The molecule has 2 rings (SSSR count). The number of aryl methyl sites for hydroxylation is 1. The van der Waals surface area contributed by atoms with E-state index in [1.165, 1.54) is 17.7 Å². The van der Waals surface area contributed by atoms with Crippen LogP contribution in [0.2, 0.25) is 0 Å². The highest BCUT2D eigenvalue weighted by Gasteiger charge is 2.06. The van der Waals surface area contributed by atoms with Crippen molar-refractivity contribution in [1.29, 1.82) is 0 Å². The van der Waals surface area contributed by atoms with Gasteiger partial charge in [0.05, 0.1) is 7.11 Å². The molecule has 1 heterocycles. The molecule has 0 saturated carbocycles. The number of nitrogens with one attached hydrogen (secondary N) is 2. The zero-order valence-corrected chi connectivity index (χ0v) is 14.5. The molecule has 0 fully saturated rings. The van der Waals surface area contributed by atoms with Crippen LogP contribution in [0.25, 0.3) is 0 Å². The second-order valence-electron chi connectivity index (χ2n) is 4.87. The van der Waals surface area contributed by atoms with Gasteiger partial charge >= 0.3 is 6.09 Å². The number of carbonyl (C=O) groups is 2. The Labute approximate surface area is 146 Å². The number of hydrogen-bond acceptors (Lipinski definition) is 4. The number of carbonyl (C=O) groups excluding carboxylic acids is 2. The van der Waals surface area contributed by atoms with Crippen LogP contribution in [-0.4, -0.2) is 23.7 Å². The first kappa shape index (κ1) is 17.7. The van der Waals surface area contributed by atoms with Crippen LogP contribution in [0.1, 0.15) is 6.42 Å². The van der Waals surface area contributed by atoms with Crippen molar-refractivity contribution >= 4 is 39.3 Å². The fourth-order valence-corrected chi connectivity index (χ4v) is 2.35. The summed E-state index contributed by atoms with van der Waals surface area (Å²) in [6.45, 7) is 0.268. The third kappa shape index (κ3) is 5.24. The Kier molecular flexibility index (Phi) is 6.14. The van der Waals surface area contributed by atoms with E-state index >= 15 is 0 Å². The summed E-state index contributed by atoms with van der Waals surface area (Å²) in [6, 6.07) is 9.77. The highest BCUT2D eigenvalue weighted by Crippen LogP contribution is 2.15. The molecule has 1 aromatic carbocycles. The molecule has 0 saturated heterocycles. The third-order valence-corrected chi connectivity index (χ3v) is 3.57. The normalized spacial score (nSPS) is 10.1. The van der Waals surface area contributed by atoms with Gasteiger partial charge in [0.15, 0.2) is 0 Å². The van der Waals surface area contributed by atoms with Gasteiger partial charge in [-0.1, -0.05) is 6.07 Å². The maximum Gasteiger partial charge on any atom is 0.411 e.